The van der Waals surface area contributed by atoms with Crippen molar-refractivity contribution in [1.82, 2.24) is 14.8 Å². The maximum absolute atomic E-state index is 12.8. The van der Waals surface area contributed by atoms with Gasteiger partial charge in [0.2, 0.25) is 5.95 Å². The topological polar surface area (TPSA) is 59.8 Å². The molecule has 5 heteroatoms. The molecule has 2 atom stereocenters. The quantitative estimate of drug-likeness (QED) is 0.879. The normalized spacial score (nSPS) is 23.3. The molecule has 1 aliphatic carbocycles. The zero-order valence-corrected chi connectivity index (χ0v) is 13.6. The molecule has 1 aliphatic heterocycles. The minimum absolute atomic E-state index is 0.177. The molecule has 0 unspecified atom stereocenters. The Balaban J connectivity index is 1.95. The number of hydrogen-bond donors (Lipinski definition) is 1. The molecule has 0 bridgehead atoms. The fourth-order valence-corrected chi connectivity index (χ4v) is 3.69. The average Bonchev–Trinajstić information content (AvgIpc) is 2.85. The molecule has 5 nitrogen and oxygen atoms in total. The maximum Gasteiger partial charge on any atom is 0.226 e. The molecule has 1 N–H and O–H groups in total. The molecule has 23 heavy (non-hydrogen) atoms. The van der Waals surface area contributed by atoms with Crippen molar-refractivity contribution in [3.8, 4) is 0 Å². The Labute approximate surface area is 135 Å². The zero-order chi connectivity index (χ0) is 16.1. The van der Waals surface area contributed by atoms with Crippen molar-refractivity contribution in [3.63, 3.8) is 0 Å². The molecule has 0 amide bonds. The van der Waals surface area contributed by atoms with Crippen LogP contribution in [0.1, 0.15) is 42.8 Å². The van der Waals surface area contributed by atoms with Crippen LogP contribution in [0.4, 0.5) is 5.95 Å². The molecule has 2 aromatic rings. The molecule has 0 saturated carbocycles. The van der Waals surface area contributed by atoms with E-state index in [1.54, 1.807) is 0 Å². The van der Waals surface area contributed by atoms with Crippen LogP contribution in [0.5, 0.6) is 0 Å². The smallest absolute Gasteiger partial charge is 0.226 e. The fraction of sp³-hybridized carbons (Fsp3) is 0.389. The fourth-order valence-electron chi connectivity index (χ4n) is 3.69. The first-order valence-electron chi connectivity index (χ1n) is 8.06. The molecule has 0 fully saturated rings. The van der Waals surface area contributed by atoms with Gasteiger partial charge < -0.3 is 5.32 Å². The van der Waals surface area contributed by atoms with Crippen LogP contribution in [0, 0.1) is 19.8 Å². The number of aromatic nitrogens is 3. The van der Waals surface area contributed by atoms with E-state index in [0.717, 1.165) is 34.8 Å². The van der Waals surface area contributed by atoms with E-state index >= 15 is 0 Å². The van der Waals surface area contributed by atoms with Crippen LogP contribution < -0.4 is 5.32 Å². The van der Waals surface area contributed by atoms with Gasteiger partial charge in [-0.3, -0.25) is 4.79 Å². The summed E-state index contributed by atoms with van der Waals surface area (Å²) < 4.78 is 1.87. The van der Waals surface area contributed by atoms with Crippen molar-refractivity contribution in [2.24, 2.45) is 5.92 Å². The summed E-state index contributed by atoms with van der Waals surface area (Å²) in [6.45, 7) is 6.08. The van der Waals surface area contributed by atoms with Crippen LogP contribution >= 0.6 is 0 Å². The molecule has 118 valence electrons. The Morgan fingerprint density at radius 2 is 2.00 bits per heavy atom. The first-order chi connectivity index (χ1) is 11.0. The summed E-state index contributed by atoms with van der Waals surface area (Å²) in [5.41, 5.74) is 4.16. The number of nitrogens with one attached hydrogen (secondary N) is 1. The van der Waals surface area contributed by atoms with Crippen molar-refractivity contribution >= 4 is 11.7 Å². The molecule has 0 radical (unpaired) electrons. The number of aryl methyl sites for hydroxylation is 2. The van der Waals surface area contributed by atoms with Gasteiger partial charge in [-0.05, 0) is 37.3 Å². The highest BCUT2D eigenvalue weighted by Gasteiger charge is 2.38. The maximum atomic E-state index is 12.8. The first-order valence-corrected chi connectivity index (χ1v) is 8.06. The number of carbonyl (C=O) groups is 1. The summed E-state index contributed by atoms with van der Waals surface area (Å²) in [4.78, 5) is 17.3. The van der Waals surface area contributed by atoms with Crippen molar-refractivity contribution < 1.29 is 4.79 Å². The van der Waals surface area contributed by atoms with Crippen LogP contribution in [0.2, 0.25) is 0 Å². The van der Waals surface area contributed by atoms with Gasteiger partial charge in [-0.2, -0.15) is 10.1 Å². The highest BCUT2D eigenvalue weighted by Crippen LogP contribution is 2.41. The monoisotopic (exact) mass is 308 g/mol. The Morgan fingerprint density at radius 3 is 2.78 bits per heavy atom. The van der Waals surface area contributed by atoms with Gasteiger partial charge in [-0.1, -0.05) is 31.2 Å². The third-order valence-electron chi connectivity index (χ3n) is 4.71. The number of rotatable bonds is 1. The van der Waals surface area contributed by atoms with Gasteiger partial charge in [-0.25, -0.2) is 4.68 Å². The average molecular weight is 308 g/mol. The molecule has 2 heterocycles. The van der Waals surface area contributed by atoms with E-state index < -0.39 is 0 Å². The van der Waals surface area contributed by atoms with Gasteiger partial charge in [0.25, 0.3) is 0 Å². The highest BCUT2D eigenvalue weighted by atomic mass is 16.1. The number of benzene rings is 1. The number of ketones is 1. The van der Waals surface area contributed by atoms with Crippen LogP contribution in [-0.4, -0.2) is 20.5 Å². The van der Waals surface area contributed by atoms with Crippen LogP contribution in [-0.2, 0) is 4.79 Å². The second-order valence-electron chi connectivity index (χ2n) is 6.64. The van der Waals surface area contributed by atoms with E-state index in [2.05, 4.69) is 41.4 Å². The van der Waals surface area contributed by atoms with E-state index in [1.165, 1.54) is 0 Å². The SMILES string of the molecule is Cc1nc2n(n1)[C@@H](c1ccccc1C)C1=C(C[C@H](C)CC1=O)N2. The Morgan fingerprint density at radius 1 is 1.22 bits per heavy atom. The molecule has 1 aromatic carbocycles. The van der Waals surface area contributed by atoms with Gasteiger partial charge in [0, 0.05) is 17.7 Å². The summed E-state index contributed by atoms with van der Waals surface area (Å²) in [7, 11) is 0. The number of anilines is 1. The largest absolute Gasteiger partial charge is 0.328 e. The predicted molar refractivity (Wildman–Crippen MR) is 88.1 cm³/mol. The second-order valence-corrected chi connectivity index (χ2v) is 6.64. The lowest BCUT2D eigenvalue weighted by atomic mass is 9.80. The van der Waals surface area contributed by atoms with Gasteiger partial charge >= 0.3 is 0 Å². The molecule has 0 saturated heterocycles. The van der Waals surface area contributed by atoms with E-state index in [-0.39, 0.29) is 11.8 Å². The third-order valence-corrected chi connectivity index (χ3v) is 4.71. The van der Waals surface area contributed by atoms with Crippen molar-refractivity contribution in [2.75, 3.05) is 5.32 Å². The number of allylic oxidation sites excluding steroid dienone is 2. The molecule has 0 spiro atoms. The minimum Gasteiger partial charge on any atom is -0.328 e. The van der Waals surface area contributed by atoms with Crippen molar-refractivity contribution in [2.45, 2.75) is 39.7 Å². The summed E-state index contributed by atoms with van der Waals surface area (Å²) in [6.07, 6.45) is 1.49. The Bertz CT molecular complexity index is 833. The molecule has 2 aliphatic rings. The van der Waals surface area contributed by atoms with E-state index in [1.807, 2.05) is 23.7 Å². The van der Waals surface area contributed by atoms with E-state index in [9.17, 15) is 4.79 Å². The second kappa shape index (κ2) is 5.05. The van der Waals surface area contributed by atoms with Gasteiger partial charge in [0.15, 0.2) is 5.78 Å². The standard InChI is InChI=1S/C18H20N4O/c1-10-8-14-16(15(23)9-10)17(13-7-5-4-6-11(13)2)22-18(20-14)19-12(3)21-22/h4-7,10,17H,8-9H2,1-3H3,(H,19,20,21)/t10-,17-/m0/s1. The predicted octanol–water partition coefficient (Wildman–Crippen LogP) is 3.16. The van der Waals surface area contributed by atoms with Crippen LogP contribution in [0.25, 0.3) is 0 Å². The number of hydrogen-bond acceptors (Lipinski definition) is 4. The van der Waals surface area contributed by atoms with Crippen molar-refractivity contribution in [3.05, 3.63) is 52.5 Å². The lowest BCUT2D eigenvalue weighted by Crippen LogP contribution is -2.33. The summed E-state index contributed by atoms with van der Waals surface area (Å²) in [5, 5.41) is 7.90. The zero-order valence-electron chi connectivity index (χ0n) is 13.6. The number of fused-ring (bicyclic) bond motifs is 1. The van der Waals surface area contributed by atoms with Crippen LogP contribution in [0.15, 0.2) is 35.5 Å². The lowest BCUT2D eigenvalue weighted by Gasteiger charge is -2.34. The Kier molecular flexibility index (Phi) is 3.11. The number of carbonyl (C=O) groups excluding carboxylic acids is 1. The Hall–Kier alpha value is -2.43. The minimum atomic E-state index is -0.177. The van der Waals surface area contributed by atoms with E-state index in [0.29, 0.717) is 18.2 Å². The van der Waals surface area contributed by atoms with Gasteiger partial charge in [-0.15, -0.1) is 0 Å². The molecule has 4 rings (SSSR count). The van der Waals surface area contributed by atoms with Gasteiger partial charge in [0.1, 0.15) is 11.9 Å². The third kappa shape index (κ3) is 2.19. The molecular weight excluding hydrogens is 288 g/mol. The number of nitrogens with zero attached hydrogens (tertiary/aromatic N) is 3. The summed E-state index contributed by atoms with van der Waals surface area (Å²) in [5.74, 6) is 2.03. The summed E-state index contributed by atoms with van der Waals surface area (Å²) >= 11 is 0. The number of Topliss-reactive ketones (excluding diaryl/α,β-unsaturated/α-hetero) is 1. The van der Waals surface area contributed by atoms with Crippen molar-refractivity contribution in [1.29, 1.82) is 0 Å². The molecular formula is C18H20N4O. The van der Waals surface area contributed by atoms with Crippen LogP contribution in [0.3, 0.4) is 0 Å². The highest BCUT2D eigenvalue weighted by molar-refractivity contribution is 5.99. The molecule has 1 aromatic heterocycles. The summed E-state index contributed by atoms with van der Waals surface area (Å²) in [6, 6.07) is 8.03. The lowest BCUT2D eigenvalue weighted by molar-refractivity contribution is -0.117. The van der Waals surface area contributed by atoms with E-state index in [4.69, 9.17) is 0 Å². The van der Waals surface area contributed by atoms with Gasteiger partial charge in [0.05, 0.1) is 0 Å². The first kappa shape index (κ1) is 14.2.